The summed E-state index contributed by atoms with van der Waals surface area (Å²) in [6, 6.07) is 3.33. The van der Waals surface area contributed by atoms with E-state index in [-0.39, 0.29) is 0 Å². The van der Waals surface area contributed by atoms with E-state index in [0.29, 0.717) is 61.9 Å². The Morgan fingerprint density at radius 2 is 1.18 bits per heavy atom. The summed E-state index contributed by atoms with van der Waals surface area (Å²) in [6.45, 7) is 1.39. The van der Waals surface area contributed by atoms with Crippen molar-refractivity contribution < 1.29 is 19.0 Å². The molecule has 0 spiro atoms. The highest BCUT2D eigenvalue weighted by Crippen LogP contribution is 2.39. The van der Waals surface area contributed by atoms with Crippen molar-refractivity contribution >= 4 is 6.29 Å². The topological polar surface area (TPSA) is 44.8 Å². The van der Waals surface area contributed by atoms with Gasteiger partial charge in [-0.05, 0) is 44.2 Å². The van der Waals surface area contributed by atoms with Gasteiger partial charge in [-0.25, -0.2) is 0 Å². The van der Waals surface area contributed by atoms with Crippen LogP contribution in [-0.4, -0.2) is 26.1 Å². The van der Waals surface area contributed by atoms with Gasteiger partial charge in [-0.3, -0.25) is 4.79 Å². The molecule has 0 radical (unpaired) electrons. The van der Waals surface area contributed by atoms with E-state index in [1.807, 2.05) is 0 Å². The van der Waals surface area contributed by atoms with Crippen LogP contribution in [0.2, 0.25) is 0 Å². The maximum atomic E-state index is 11.3. The first-order valence-corrected chi connectivity index (χ1v) is 9.58. The molecule has 0 aliphatic rings. The number of unbranched alkanes of at least 4 members (excludes halogenated alkanes) is 5. The molecule has 0 aliphatic heterocycles. The molecule has 148 valence electrons. The molecule has 1 aromatic rings. The Hall–Kier alpha value is -3.03. The molecule has 0 aliphatic carbocycles. The van der Waals surface area contributed by atoms with Crippen LogP contribution in [0.5, 0.6) is 17.2 Å². The highest BCUT2D eigenvalue weighted by Gasteiger charge is 2.16. The lowest BCUT2D eigenvalue weighted by Crippen LogP contribution is -2.07. The Morgan fingerprint density at radius 1 is 0.714 bits per heavy atom. The minimum Gasteiger partial charge on any atom is -0.490 e. The zero-order valence-corrected chi connectivity index (χ0v) is 16.4. The van der Waals surface area contributed by atoms with Gasteiger partial charge in [0.25, 0.3) is 0 Å². The summed E-state index contributed by atoms with van der Waals surface area (Å²) in [4.78, 5) is 11.3. The SMILES string of the molecule is C#CCCCCOc1cc(C=O)cc(OCCCCC#C)c1OCCCC#C. The number of ether oxygens (including phenoxy) is 3. The molecular weight excluding hydrogens is 352 g/mol. The third-order valence-corrected chi connectivity index (χ3v) is 3.84. The Labute approximate surface area is 169 Å². The summed E-state index contributed by atoms with van der Waals surface area (Å²) < 4.78 is 17.6. The predicted molar refractivity (Wildman–Crippen MR) is 112 cm³/mol. The van der Waals surface area contributed by atoms with Crippen LogP contribution in [0.1, 0.15) is 61.7 Å². The molecule has 0 heterocycles. The lowest BCUT2D eigenvalue weighted by molar-refractivity contribution is 0.112. The molecule has 28 heavy (non-hydrogen) atoms. The Bertz CT molecular complexity index is 671. The van der Waals surface area contributed by atoms with Crippen LogP contribution in [0.3, 0.4) is 0 Å². The van der Waals surface area contributed by atoms with E-state index in [9.17, 15) is 4.79 Å². The first-order valence-electron chi connectivity index (χ1n) is 9.58. The molecule has 4 heteroatoms. The molecule has 0 N–H and O–H groups in total. The summed E-state index contributed by atoms with van der Waals surface area (Å²) in [5, 5.41) is 0. The lowest BCUT2D eigenvalue weighted by atomic mass is 10.2. The molecule has 0 saturated carbocycles. The van der Waals surface area contributed by atoms with Crippen LogP contribution in [0.15, 0.2) is 12.1 Å². The fourth-order valence-electron chi connectivity index (χ4n) is 2.39. The molecular formula is C24H28O4. The fourth-order valence-corrected chi connectivity index (χ4v) is 2.39. The van der Waals surface area contributed by atoms with E-state index < -0.39 is 0 Å². The minimum atomic E-state index is 0.436. The van der Waals surface area contributed by atoms with Gasteiger partial charge in [0.2, 0.25) is 5.75 Å². The van der Waals surface area contributed by atoms with Crippen LogP contribution in [0, 0.1) is 37.0 Å². The Morgan fingerprint density at radius 3 is 1.64 bits per heavy atom. The molecule has 0 aromatic heterocycles. The molecule has 1 aromatic carbocycles. The third-order valence-electron chi connectivity index (χ3n) is 3.84. The van der Waals surface area contributed by atoms with Gasteiger partial charge in [-0.15, -0.1) is 37.0 Å². The summed E-state index contributed by atoms with van der Waals surface area (Å²) in [6.07, 6.45) is 22.7. The van der Waals surface area contributed by atoms with Gasteiger partial charge in [-0.1, -0.05) is 0 Å². The molecule has 0 fully saturated rings. The van der Waals surface area contributed by atoms with E-state index in [0.717, 1.165) is 38.4 Å². The summed E-state index contributed by atoms with van der Waals surface area (Å²) in [5.74, 6) is 9.28. The van der Waals surface area contributed by atoms with Crippen molar-refractivity contribution in [3.63, 3.8) is 0 Å². The van der Waals surface area contributed by atoms with Gasteiger partial charge >= 0.3 is 0 Å². The summed E-state index contributed by atoms with van der Waals surface area (Å²) >= 11 is 0. The highest BCUT2D eigenvalue weighted by atomic mass is 16.5. The second-order valence-corrected chi connectivity index (χ2v) is 6.14. The van der Waals surface area contributed by atoms with Gasteiger partial charge < -0.3 is 14.2 Å². The van der Waals surface area contributed by atoms with Gasteiger partial charge in [0, 0.05) is 24.8 Å². The van der Waals surface area contributed by atoms with Crippen molar-refractivity contribution in [1.82, 2.24) is 0 Å². The lowest BCUT2D eigenvalue weighted by Gasteiger charge is -2.17. The Kier molecular flexibility index (Phi) is 12.4. The number of hydrogen-bond acceptors (Lipinski definition) is 4. The second kappa shape index (κ2) is 15.1. The summed E-state index contributed by atoms with van der Waals surface area (Å²) in [5.41, 5.74) is 0.466. The van der Waals surface area contributed by atoms with E-state index in [1.165, 1.54) is 0 Å². The number of rotatable bonds is 15. The molecule has 0 amide bonds. The maximum Gasteiger partial charge on any atom is 0.203 e. The first kappa shape index (κ1) is 23.0. The number of benzene rings is 1. The normalized spacial score (nSPS) is 9.61. The number of carbonyl (C=O) groups is 1. The van der Waals surface area contributed by atoms with Crippen molar-refractivity contribution in [2.75, 3.05) is 19.8 Å². The van der Waals surface area contributed by atoms with E-state index >= 15 is 0 Å². The van der Waals surface area contributed by atoms with Gasteiger partial charge in [-0.2, -0.15) is 0 Å². The minimum absolute atomic E-state index is 0.436. The van der Waals surface area contributed by atoms with Crippen LogP contribution < -0.4 is 14.2 Å². The first-order chi connectivity index (χ1) is 13.8. The second-order valence-electron chi connectivity index (χ2n) is 6.14. The molecule has 0 bridgehead atoms. The Balaban J connectivity index is 2.89. The van der Waals surface area contributed by atoms with Crippen molar-refractivity contribution in [1.29, 1.82) is 0 Å². The third kappa shape index (κ3) is 9.07. The molecule has 0 atom stereocenters. The number of hydrogen-bond donors (Lipinski definition) is 0. The van der Waals surface area contributed by atoms with Crippen LogP contribution in [-0.2, 0) is 0 Å². The monoisotopic (exact) mass is 380 g/mol. The molecule has 4 nitrogen and oxygen atoms in total. The summed E-state index contributed by atoms with van der Waals surface area (Å²) in [7, 11) is 0. The zero-order chi connectivity index (χ0) is 20.5. The largest absolute Gasteiger partial charge is 0.490 e. The van der Waals surface area contributed by atoms with Crippen LogP contribution in [0.25, 0.3) is 0 Å². The predicted octanol–water partition coefficient (Wildman–Crippen LogP) is 4.66. The number of carbonyl (C=O) groups excluding carboxylic acids is 1. The van der Waals surface area contributed by atoms with Gasteiger partial charge in [0.1, 0.15) is 6.29 Å². The average molecular weight is 380 g/mol. The average Bonchev–Trinajstić information content (AvgIpc) is 2.71. The van der Waals surface area contributed by atoms with Crippen molar-refractivity contribution in [3.05, 3.63) is 17.7 Å². The van der Waals surface area contributed by atoms with Crippen LogP contribution in [0.4, 0.5) is 0 Å². The standard InChI is InChI=1S/C24H28O4/c1-4-7-10-13-15-26-22-18-21(20-25)19-23(27-16-14-11-8-5-2)24(22)28-17-12-9-6-3/h1-3,18-20H,7-17H2. The molecule has 0 unspecified atom stereocenters. The van der Waals surface area contributed by atoms with Gasteiger partial charge in [0.05, 0.1) is 19.8 Å². The maximum absolute atomic E-state index is 11.3. The van der Waals surface area contributed by atoms with E-state index in [4.69, 9.17) is 33.5 Å². The fraction of sp³-hybridized carbons (Fsp3) is 0.458. The van der Waals surface area contributed by atoms with Crippen molar-refractivity contribution in [3.8, 4) is 54.3 Å². The van der Waals surface area contributed by atoms with Crippen molar-refractivity contribution in [2.24, 2.45) is 0 Å². The van der Waals surface area contributed by atoms with Crippen molar-refractivity contribution in [2.45, 2.75) is 51.4 Å². The number of terminal acetylenes is 3. The highest BCUT2D eigenvalue weighted by molar-refractivity contribution is 5.78. The quantitative estimate of drug-likeness (QED) is 0.252. The van der Waals surface area contributed by atoms with E-state index in [2.05, 4.69) is 17.8 Å². The zero-order valence-electron chi connectivity index (χ0n) is 16.4. The molecule has 0 saturated heterocycles. The smallest absolute Gasteiger partial charge is 0.203 e. The number of aldehydes is 1. The van der Waals surface area contributed by atoms with E-state index in [1.54, 1.807) is 12.1 Å². The molecule has 1 rings (SSSR count). The van der Waals surface area contributed by atoms with Gasteiger partial charge in [0.15, 0.2) is 11.5 Å². The van der Waals surface area contributed by atoms with Crippen LogP contribution >= 0.6 is 0 Å².